The second kappa shape index (κ2) is 6.96. The summed E-state index contributed by atoms with van der Waals surface area (Å²) >= 11 is 0. The van der Waals surface area contributed by atoms with E-state index >= 15 is 0 Å². The van der Waals surface area contributed by atoms with E-state index in [-0.39, 0.29) is 13.2 Å². The van der Waals surface area contributed by atoms with Crippen molar-refractivity contribution < 1.29 is 19.7 Å². The molecule has 6 nitrogen and oxygen atoms in total. The number of rotatable bonds is 6. The number of aliphatic hydroxyl groups is 2. The van der Waals surface area contributed by atoms with Gasteiger partial charge in [0.15, 0.2) is 0 Å². The van der Waals surface area contributed by atoms with Crippen LogP contribution < -0.4 is 15.4 Å². The van der Waals surface area contributed by atoms with Gasteiger partial charge in [0.2, 0.25) is 0 Å². The molecule has 0 saturated heterocycles. The number of anilines is 1. The monoisotopic (exact) mass is 268 g/mol. The van der Waals surface area contributed by atoms with Crippen LogP contribution >= 0.6 is 0 Å². The number of hydrogen-bond acceptors (Lipinski definition) is 4. The number of carbonyl (C=O) groups excluding carboxylic acids is 1. The first kappa shape index (κ1) is 15.3. The number of nitrogens with one attached hydrogen (secondary N) is 2. The van der Waals surface area contributed by atoms with Crippen LogP contribution in [0.25, 0.3) is 0 Å². The summed E-state index contributed by atoms with van der Waals surface area (Å²) in [6, 6.07) is 6.47. The summed E-state index contributed by atoms with van der Waals surface area (Å²) in [5.74, 6) is 0.535. The lowest BCUT2D eigenvalue weighted by Gasteiger charge is -2.29. The van der Waals surface area contributed by atoms with Gasteiger partial charge in [0, 0.05) is 0 Å². The molecule has 1 aromatic rings. The van der Waals surface area contributed by atoms with Crippen LogP contribution in [0.4, 0.5) is 10.5 Å². The molecule has 4 N–H and O–H groups in total. The largest absolute Gasteiger partial charge is 0.495 e. The van der Waals surface area contributed by atoms with Crippen LogP contribution in [0.3, 0.4) is 0 Å². The third-order valence-corrected chi connectivity index (χ3v) is 3.02. The van der Waals surface area contributed by atoms with Crippen LogP contribution in [0.2, 0.25) is 0 Å². The molecule has 0 spiro atoms. The molecule has 0 aliphatic heterocycles. The van der Waals surface area contributed by atoms with Crippen molar-refractivity contribution >= 4 is 11.7 Å². The van der Waals surface area contributed by atoms with E-state index in [1.807, 2.05) is 0 Å². The van der Waals surface area contributed by atoms with Crippen molar-refractivity contribution in [1.29, 1.82) is 0 Å². The van der Waals surface area contributed by atoms with E-state index in [0.717, 1.165) is 0 Å². The Bertz CT molecular complexity index is 411. The van der Waals surface area contributed by atoms with Crippen molar-refractivity contribution in [2.75, 3.05) is 25.6 Å². The predicted octanol–water partition coefficient (Wildman–Crippen LogP) is 0.950. The van der Waals surface area contributed by atoms with E-state index in [0.29, 0.717) is 17.9 Å². The van der Waals surface area contributed by atoms with E-state index in [1.165, 1.54) is 7.11 Å². The number of amides is 2. The molecule has 106 valence electrons. The fourth-order valence-corrected chi connectivity index (χ4v) is 1.58. The van der Waals surface area contributed by atoms with Crippen molar-refractivity contribution in [3.05, 3.63) is 24.3 Å². The highest BCUT2D eigenvalue weighted by Crippen LogP contribution is 2.23. The summed E-state index contributed by atoms with van der Waals surface area (Å²) in [5.41, 5.74) is -0.505. The van der Waals surface area contributed by atoms with E-state index in [2.05, 4.69) is 10.6 Å². The number of methoxy groups -OCH3 is 1. The summed E-state index contributed by atoms with van der Waals surface area (Å²) in [6.07, 6.45) is 0.416. The van der Waals surface area contributed by atoms with Crippen LogP contribution in [0.1, 0.15) is 13.3 Å². The first-order valence-electron chi connectivity index (χ1n) is 6.04. The molecule has 0 unspecified atom stereocenters. The highest BCUT2D eigenvalue weighted by atomic mass is 16.5. The molecule has 6 heteroatoms. The van der Waals surface area contributed by atoms with Gasteiger partial charge < -0.3 is 25.6 Å². The van der Waals surface area contributed by atoms with Crippen LogP contribution in [-0.2, 0) is 0 Å². The summed E-state index contributed by atoms with van der Waals surface area (Å²) in [5, 5.41) is 23.7. The minimum absolute atomic E-state index is 0.334. The number of hydrogen-bond donors (Lipinski definition) is 4. The average molecular weight is 268 g/mol. The van der Waals surface area contributed by atoms with Gasteiger partial charge in [-0.25, -0.2) is 4.79 Å². The maximum absolute atomic E-state index is 11.9. The number of ether oxygens (including phenoxy) is 1. The zero-order valence-electron chi connectivity index (χ0n) is 11.1. The molecule has 1 aromatic carbocycles. The lowest BCUT2D eigenvalue weighted by molar-refractivity contribution is 0.0955. The third-order valence-electron chi connectivity index (χ3n) is 3.02. The van der Waals surface area contributed by atoms with Crippen LogP contribution in [0.5, 0.6) is 5.75 Å². The zero-order chi connectivity index (χ0) is 14.3. The molecule has 0 atom stereocenters. The lowest BCUT2D eigenvalue weighted by atomic mass is 9.99. The van der Waals surface area contributed by atoms with Crippen LogP contribution in [0, 0.1) is 0 Å². The minimum Gasteiger partial charge on any atom is -0.495 e. The van der Waals surface area contributed by atoms with E-state index < -0.39 is 11.6 Å². The highest BCUT2D eigenvalue weighted by Gasteiger charge is 2.28. The summed E-state index contributed by atoms with van der Waals surface area (Å²) in [4.78, 5) is 11.9. The van der Waals surface area contributed by atoms with Gasteiger partial charge in [-0.2, -0.15) is 0 Å². The molecule has 19 heavy (non-hydrogen) atoms. The van der Waals surface area contributed by atoms with Crippen LogP contribution in [0.15, 0.2) is 24.3 Å². The smallest absolute Gasteiger partial charge is 0.319 e. The van der Waals surface area contributed by atoms with Gasteiger partial charge in [-0.3, -0.25) is 0 Å². The fourth-order valence-electron chi connectivity index (χ4n) is 1.58. The standard InChI is InChI=1S/C13H20N2O4/c1-3-13(8-16,9-17)15-12(18)14-10-6-4-5-7-11(10)19-2/h4-7,16-17H,3,8-9H2,1-2H3,(H2,14,15,18). The van der Waals surface area contributed by atoms with Gasteiger partial charge in [-0.05, 0) is 18.6 Å². The van der Waals surface area contributed by atoms with Crippen molar-refractivity contribution in [3.8, 4) is 5.75 Å². The molecule has 0 heterocycles. The molecule has 0 aromatic heterocycles. The molecule has 1 rings (SSSR count). The topological polar surface area (TPSA) is 90.8 Å². The molecule has 0 saturated carbocycles. The Morgan fingerprint density at radius 2 is 1.95 bits per heavy atom. The Hall–Kier alpha value is -1.79. The molecular formula is C13H20N2O4. The van der Waals surface area contributed by atoms with Gasteiger partial charge in [0.25, 0.3) is 0 Å². The summed E-state index contributed by atoms with van der Waals surface area (Å²) in [6.45, 7) is 1.11. The first-order chi connectivity index (χ1) is 9.10. The second-order valence-electron chi connectivity index (χ2n) is 4.23. The van der Waals surface area contributed by atoms with E-state index in [9.17, 15) is 15.0 Å². The molecule has 0 aliphatic rings. The number of para-hydroxylation sites is 2. The quantitative estimate of drug-likeness (QED) is 0.618. The van der Waals surface area contributed by atoms with Gasteiger partial charge in [-0.15, -0.1) is 0 Å². The Morgan fingerprint density at radius 1 is 1.32 bits per heavy atom. The van der Waals surface area contributed by atoms with Gasteiger partial charge in [0.05, 0.1) is 31.5 Å². The molecule has 0 radical (unpaired) electrons. The maximum Gasteiger partial charge on any atom is 0.319 e. The highest BCUT2D eigenvalue weighted by molar-refractivity contribution is 5.91. The number of carbonyl (C=O) groups is 1. The predicted molar refractivity (Wildman–Crippen MR) is 72.3 cm³/mol. The van der Waals surface area contributed by atoms with E-state index in [4.69, 9.17) is 4.74 Å². The summed E-state index contributed by atoms with van der Waals surface area (Å²) in [7, 11) is 1.51. The van der Waals surface area contributed by atoms with Gasteiger partial charge >= 0.3 is 6.03 Å². The third kappa shape index (κ3) is 3.84. The van der Waals surface area contributed by atoms with Crippen molar-refractivity contribution in [2.24, 2.45) is 0 Å². The van der Waals surface area contributed by atoms with Crippen molar-refractivity contribution in [2.45, 2.75) is 18.9 Å². The molecule has 0 fully saturated rings. The van der Waals surface area contributed by atoms with Crippen LogP contribution in [-0.4, -0.2) is 42.1 Å². The Balaban J connectivity index is 2.74. The minimum atomic E-state index is -1.02. The number of aliphatic hydroxyl groups excluding tert-OH is 2. The number of benzene rings is 1. The molecular weight excluding hydrogens is 248 g/mol. The first-order valence-corrected chi connectivity index (χ1v) is 6.04. The summed E-state index contributed by atoms with van der Waals surface area (Å²) < 4.78 is 5.11. The fraction of sp³-hybridized carbons (Fsp3) is 0.462. The zero-order valence-corrected chi connectivity index (χ0v) is 11.1. The van der Waals surface area contributed by atoms with Gasteiger partial charge in [0.1, 0.15) is 5.75 Å². The normalized spacial score (nSPS) is 10.9. The molecule has 0 bridgehead atoms. The lowest BCUT2D eigenvalue weighted by Crippen LogP contribution is -2.55. The van der Waals surface area contributed by atoms with Crippen molar-refractivity contribution in [3.63, 3.8) is 0 Å². The Morgan fingerprint density at radius 3 is 2.47 bits per heavy atom. The maximum atomic E-state index is 11.9. The Labute approximate surface area is 112 Å². The van der Waals surface area contributed by atoms with Gasteiger partial charge in [-0.1, -0.05) is 19.1 Å². The molecule has 2 amide bonds. The second-order valence-corrected chi connectivity index (χ2v) is 4.23. The number of urea groups is 1. The van der Waals surface area contributed by atoms with Crippen molar-refractivity contribution in [1.82, 2.24) is 5.32 Å². The SMILES string of the molecule is CCC(CO)(CO)NC(=O)Nc1ccccc1OC. The average Bonchev–Trinajstić information content (AvgIpc) is 2.45. The molecule has 0 aliphatic carbocycles. The van der Waals surface area contributed by atoms with E-state index in [1.54, 1.807) is 31.2 Å². The Kier molecular flexibility index (Phi) is 5.59.